The predicted octanol–water partition coefficient (Wildman–Crippen LogP) is 19.8. The molecule has 0 aliphatic carbocycles. The lowest BCUT2D eigenvalue weighted by Crippen LogP contribution is -2.14. The van der Waals surface area contributed by atoms with Crippen molar-refractivity contribution in [3.63, 3.8) is 0 Å². The monoisotopic (exact) mass is 1640 g/mol. The first kappa shape index (κ1) is 96.9. The first-order chi connectivity index (χ1) is 50.7. The van der Waals surface area contributed by atoms with Gasteiger partial charge in [0.15, 0.2) is 5.69 Å². The minimum atomic E-state index is -4.82. The SMILES string of the molecule is CC(N)c1ccc(F)cc1Cl.CCNc1ccc(C(F)(F)F)cc1C(F)(F)F.C[C@H](N)c1ccc(NC(=O)c2csnn2)cc1.Cc1ccc(CCN)c(C)c1.NCCc1cc(C(F)(F)F)ccc1F.NCCc1cc(F)cc(C(F)(F)F)c1.NCCc1ccc(C(F)(F)F)cc1F.NCCc1ccc(Cl)cc1Cl. The topological polar surface area (TPSA) is 249 Å². The van der Waals surface area contributed by atoms with Crippen molar-refractivity contribution in [2.75, 3.05) is 49.9 Å². The number of alkyl halides is 15. The highest BCUT2D eigenvalue weighted by Gasteiger charge is 2.39. The third-order valence-corrected chi connectivity index (χ3v) is 15.8. The van der Waals surface area contributed by atoms with Gasteiger partial charge in [0.05, 0.1) is 27.8 Å². The Kier molecular flexibility index (Phi) is 41.4. The fraction of sp³-hybridized carbons (Fsp3) is 0.311. The lowest BCUT2D eigenvalue weighted by atomic mass is 10.0. The summed E-state index contributed by atoms with van der Waals surface area (Å²) < 4.78 is 239. The molecule has 16 N–H and O–H groups in total. The fourth-order valence-electron chi connectivity index (χ4n) is 8.97. The van der Waals surface area contributed by atoms with E-state index in [4.69, 9.17) is 74.9 Å². The van der Waals surface area contributed by atoms with Gasteiger partial charge in [-0.3, -0.25) is 4.79 Å². The summed E-state index contributed by atoms with van der Waals surface area (Å²) in [6.07, 6.45) is -20.7. The van der Waals surface area contributed by atoms with Crippen LogP contribution in [0.25, 0.3) is 0 Å². The first-order valence-electron chi connectivity index (χ1n) is 32.5. The molecule has 0 fully saturated rings. The maximum atomic E-state index is 13.0. The number of aryl methyl sites for hydroxylation is 2. The average Bonchev–Trinajstić information content (AvgIpc) is 1.13. The normalized spacial score (nSPS) is 11.8. The lowest BCUT2D eigenvalue weighted by Gasteiger charge is -2.16. The summed E-state index contributed by atoms with van der Waals surface area (Å²) in [5.74, 6) is -2.98. The van der Waals surface area contributed by atoms with E-state index in [-0.39, 0.29) is 97.7 Å². The van der Waals surface area contributed by atoms with E-state index in [1.807, 2.05) is 43.3 Å². The number of amides is 1. The number of nitrogens with two attached hydrogens (primary N) is 7. The van der Waals surface area contributed by atoms with Gasteiger partial charge < -0.3 is 50.8 Å². The summed E-state index contributed by atoms with van der Waals surface area (Å²) in [7, 11) is 0. The van der Waals surface area contributed by atoms with Gasteiger partial charge in [-0.1, -0.05) is 93.4 Å². The first-order valence-corrected chi connectivity index (χ1v) is 34.5. The Balaban J connectivity index is 0.000000425. The molecule has 1 amide bonds. The summed E-state index contributed by atoms with van der Waals surface area (Å²) in [5, 5.41) is 12.2. The van der Waals surface area contributed by atoms with E-state index in [0.717, 1.165) is 96.1 Å². The molecule has 1 heterocycles. The van der Waals surface area contributed by atoms with Crippen molar-refractivity contribution in [1.29, 1.82) is 0 Å². The summed E-state index contributed by atoms with van der Waals surface area (Å²) >= 11 is 18.4. The second kappa shape index (κ2) is 46.5. The van der Waals surface area contributed by atoms with Crippen molar-refractivity contribution in [2.45, 2.75) is 110 Å². The smallest absolute Gasteiger partial charge is 0.385 e. The molecule has 12 nitrogen and oxygen atoms in total. The number of nitrogens with one attached hydrogen (secondary N) is 2. The Morgan fingerprint density at radius 2 is 0.991 bits per heavy atom. The highest BCUT2D eigenvalue weighted by atomic mass is 35.5. The van der Waals surface area contributed by atoms with Gasteiger partial charge in [0.1, 0.15) is 23.3 Å². The summed E-state index contributed by atoms with van der Waals surface area (Å²) in [6.45, 7) is 11.6. The minimum absolute atomic E-state index is 0.00215. The van der Waals surface area contributed by atoms with Crippen molar-refractivity contribution in [2.24, 2.45) is 40.1 Å². The highest BCUT2D eigenvalue weighted by Crippen LogP contribution is 2.40. The molecule has 9 aromatic rings. The van der Waals surface area contributed by atoms with E-state index in [1.165, 1.54) is 28.8 Å². The number of anilines is 2. The molecule has 1 aromatic heterocycles. The molecule has 2 atom stereocenters. The Labute approximate surface area is 637 Å². The quantitative estimate of drug-likeness (QED) is 0.0412. The molecule has 9 rings (SSSR count). The van der Waals surface area contributed by atoms with Crippen LogP contribution >= 0.6 is 46.3 Å². The second-order valence-corrected chi connectivity index (χ2v) is 25.1. The van der Waals surface area contributed by atoms with Crippen molar-refractivity contribution in [3.05, 3.63) is 279 Å². The predicted molar refractivity (Wildman–Crippen MR) is 392 cm³/mol. The average molecular weight is 1640 g/mol. The van der Waals surface area contributed by atoms with Crippen LogP contribution < -0.4 is 50.8 Å². The largest absolute Gasteiger partial charge is 0.418 e. The third kappa shape index (κ3) is 36.0. The Bertz CT molecular complexity index is 4150. The molecule has 0 bridgehead atoms. The lowest BCUT2D eigenvalue weighted by molar-refractivity contribution is -0.143. The summed E-state index contributed by atoms with van der Waals surface area (Å²) in [4.78, 5) is 11.7. The maximum absolute atomic E-state index is 13.0. The van der Waals surface area contributed by atoms with E-state index in [0.29, 0.717) is 51.2 Å². The zero-order valence-electron chi connectivity index (χ0n) is 59.0. The number of carbonyl (C=O) groups excluding carboxylic acids is 1. The Morgan fingerprint density at radius 1 is 0.477 bits per heavy atom. The van der Waals surface area contributed by atoms with Crippen molar-refractivity contribution in [1.82, 2.24) is 9.59 Å². The molecular formula is C74H81Cl3F19N11OS. The van der Waals surface area contributed by atoms with Gasteiger partial charge in [-0.15, -0.1) is 5.10 Å². The maximum Gasteiger partial charge on any atom is 0.418 e. The molecule has 0 aliphatic rings. The molecule has 0 aliphatic heterocycles. The Hall–Kier alpha value is -8.15. The zero-order valence-corrected chi connectivity index (χ0v) is 62.1. The molecule has 0 saturated carbocycles. The Morgan fingerprint density at radius 3 is 1.48 bits per heavy atom. The van der Waals surface area contributed by atoms with Crippen molar-refractivity contribution < 1.29 is 88.2 Å². The van der Waals surface area contributed by atoms with E-state index < -0.39 is 76.2 Å². The number of nitrogens with zero attached hydrogens (tertiary/aromatic N) is 2. The van der Waals surface area contributed by atoms with E-state index in [2.05, 4.69) is 52.3 Å². The van der Waals surface area contributed by atoms with Crippen LogP contribution in [0, 0.1) is 37.1 Å². The van der Waals surface area contributed by atoms with Crippen molar-refractivity contribution in [3.8, 4) is 0 Å². The number of aromatic nitrogens is 2. The number of halogens is 22. The standard InChI is InChI=1S/C11H12N4OS.C10H9F6N.C10H15N.3C9H9F4N.C8H9Cl2N.C8H9ClFN/c1-7(12)8-2-4-9(5-3-8)13-11(16)10-6-17-15-14-10;1-2-17-8-4-3-6(9(11,12)13)5-7(8)10(14,15)16;1-8-3-4-10(5-6-11)9(2)7-8;10-8-4-6(1-2-14)3-7(5-8)9(11,12)13;10-8-2-1-7(9(11,12)13)5-6(8)3-4-14;10-8-5-7(9(11,12)13)2-1-6(8)3-4-14;9-7-2-1-6(3-4-11)8(10)5-7;1-5(11)7-3-2-6(10)4-8(7)9/h2-7H,12H2,1H3,(H,13,16);3-5,17H,2H2,1H3;3-4,7H,5-6,11H2,1-2H3;3-5H,1-2,14H2;2*1-2,5H,3-4,14H2;1-2,5H,3-4,11H2;2-5H,11H2,1H3/t7-;;;;;;;/m0......./s1. The van der Waals surface area contributed by atoms with E-state index >= 15 is 0 Å². The number of hydrogen-bond acceptors (Lipinski definition) is 12. The minimum Gasteiger partial charge on any atom is -0.385 e. The third-order valence-electron chi connectivity index (χ3n) is 14.4. The molecule has 1 unspecified atom stereocenters. The van der Waals surface area contributed by atoms with Crippen LogP contribution in [0.3, 0.4) is 0 Å². The molecule has 35 heteroatoms. The van der Waals surface area contributed by atoms with Gasteiger partial charge in [-0.25, -0.2) is 17.6 Å². The van der Waals surface area contributed by atoms with Gasteiger partial charge in [0, 0.05) is 50.5 Å². The van der Waals surface area contributed by atoms with E-state index in [9.17, 15) is 88.2 Å². The molecule has 0 saturated heterocycles. The summed E-state index contributed by atoms with van der Waals surface area (Å²) in [6, 6.07) is 32.2. The van der Waals surface area contributed by atoms with Gasteiger partial charge in [0.2, 0.25) is 0 Å². The summed E-state index contributed by atoms with van der Waals surface area (Å²) in [5.41, 5.74) is 40.3. The molecule has 109 heavy (non-hydrogen) atoms. The number of carbonyl (C=O) groups is 1. The fourth-order valence-corrected chi connectivity index (χ4v) is 10.2. The van der Waals surface area contributed by atoms with E-state index in [1.54, 1.807) is 31.4 Å². The highest BCUT2D eigenvalue weighted by molar-refractivity contribution is 7.03. The van der Waals surface area contributed by atoms with Crippen LogP contribution in [-0.2, 0) is 63.0 Å². The van der Waals surface area contributed by atoms with Gasteiger partial charge in [0.25, 0.3) is 5.91 Å². The number of rotatable bonds is 16. The van der Waals surface area contributed by atoms with Crippen LogP contribution in [0.2, 0.25) is 15.1 Å². The molecule has 598 valence electrons. The van der Waals surface area contributed by atoms with Crippen molar-refractivity contribution >= 4 is 63.6 Å². The molecular weight excluding hydrogens is 1560 g/mol. The molecule has 8 aromatic carbocycles. The van der Waals surface area contributed by atoms with Crippen LogP contribution in [0.4, 0.5) is 94.8 Å². The number of hydrogen-bond donors (Lipinski definition) is 9. The van der Waals surface area contributed by atoms with Crippen LogP contribution in [-0.4, -0.2) is 54.8 Å². The number of benzene rings is 8. The van der Waals surface area contributed by atoms with Gasteiger partial charge in [-0.05, 0) is 259 Å². The van der Waals surface area contributed by atoms with Crippen LogP contribution in [0.15, 0.2) is 157 Å². The molecule has 0 spiro atoms. The van der Waals surface area contributed by atoms with Gasteiger partial charge in [-0.2, -0.15) is 65.9 Å². The van der Waals surface area contributed by atoms with Crippen LogP contribution in [0.5, 0.6) is 0 Å². The second-order valence-electron chi connectivity index (χ2n) is 23.2. The molecule has 0 radical (unpaired) electrons. The zero-order chi connectivity index (χ0) is 82.8. The van der Waals surface area contributed by atoms with Gasteiger partial charge >= 0.3 is 30.9 Å². The van der Waals surface area contributed by atoms with Crippen LogP contribution in [0.1, 0.15) is 121 Å².